The van der Waals surface area contributed by atoms with Gasteiger partial charge in [0.05, 0.1) is 5.69 Å². The summed E-state index contributed by atoms with van der Waals surface area (Å²) in [5.41, 5.74) is 5.81. The summed E-state index contributed by atoms with van der Waals surface area (Å²) < 4.78 is 26.5. The summed E-state index contributed by atoms with van der Waals surface area (Å²) >= 11 is 6.46. The van der Waals surface area contributed by atoms with Gasteiger partial charge in [-0.25, -0.2) is 13.1 Å². The zero-order valence-corrected chi connectivity index (χ0v) is 13.2. The monoisotopic (exact) mass is 319 g/mol. The lowest BCUT2D eigenvalue weighted by Crippen LogP contribution is -2.26. The third-order valence-corrected chi connectivity index (χ3v) is 5.24. The van der Waals surface area contributed by atoms with E-state index in [1.165, 1.54) is 18.3 Å². The number of nitrogens with one attached hydrogen (secondary N) is 1. The van der Waals surface area contributed by atoms with Gasteiger partial charge < -0.3 is 5.73 Å². The lowest BCUT2D eigenvalue weighted by atomic mass is 10.3. The molecule has 1 aromatic rings. The molecular formula is C11H17N3O2S3. The number of nitrogens with zero attached hydrogens (tertiary/aromatic N) is 1. The van der Waals surface area contributed by atoms with Crippen LogP contribution in [-0.2, 0) is 10.0 Å². The first-order chi connectivity index (χ1) is 8.86. The number of sulfonamides is 1. The van der Waals surface area contributed by atoms with Crippen LogP contribution < -0.4 is 10.5 Å². The van der Waals surface area contributed by atoms with Crippen molar-refractivity contribution in [2.75, 3.05) is 12.8 Å². The minimum absolute atomic E-state index is 0.115. The van der Waals surface area contributed by atoms with Crippen LogP contribution in [-0.4, -0.2) is 36.4 Å². The number of hydrogen-bond donors (Lipinski definition) is 2. The third-order valence-electron chi connectivity index (χ3n) is 2.54. The van der Waals surface area contributed by atoms with Crippen molar-refractivity contribution in [3.63, 3.8) is 0 Å². The number of rotatable bonds is 7. The molecule has 0 saturated heterocycles. The molecule has 0 bridgehead atoms. The van der Waals surface area contributed by atoms with Gasteiger partial charge in [0.15, 0.2) is 0 Å². The minimum atomic E-state index is -3.51. The van der Waals surface area contributed by atoms with Crippen LogP contribution in [0, 0.1) is 0 Å². The molecule has 5 nitrogen and oxygen atoms in total. The van der Waals surface area contributed by atoms with E-state index in [0.717, 1.165) is 6.42 Å². The van der Waals surface area contributed by atoms with Crippen LogP contribution >= 0.6 is 24.0 Å². The summed E-state index contributed by atoms with van der Waals surface area (Å²) in [6.07, 6.45) is 4.03. The van der Waals surface area contributed by atoms with E-state index in [4.69, 9.17) is 18.0 Å². The predicted molar refractivity (Wildman–Crippen MR) is 82.9 cm³/mol. The van der Waals surface area contributed by atoms with E-state index < -0.39 is 10.0 Å². The van der Waals surface area contributed by atoms with Crippen molar-refractivity contribution >= 4 is 39.0 Å². The molecule has 0 fully saturated rings. The molecule has 0 saturated carbocycles. The van der Waals surface area contributed by atoms with Crippen molar-refractivity contribution in [1.29, 1.82) is 0 Å². The maximum atomic E-state index is 12.0. The second kappa shape index (κ2) is 7.18. The van der Waals surface area contributed by atoms with E-state index >= 15 is 0 Å². The average Bonchev–Trinajstić information content (AvgIpc) is 2.38. The van der Waals surface area contributed by atoms with Crippen LogP contribution in [0.1, 0.15) is 19.0 Å². The van der Waals surface area contributed by atoms with Gasteiger partial charge in [-0.2, -0.15) is 11.8 Å². The molecule has 106 valence electrons. The highest BCUT2D eigenvalue weighted by molar-refractivity contribution is 7.99. The van der Waals surface area contributed by atoms with Crippen molar-refractivity contribution < 1.29 is 8.42 Å². The molecule has 1 unspecified atom stereocenters. The molecular weight excluding hydrogens is 302 g/mol. The second-order valence-corrected chi connectivity index (χ2v) is 7.46. The second-order valence-electron chi connectivity index (χ2n) is 3.98. The Kier molecular flexibility index (Phi) is 6.18. The highest BCUT2D eigenvalue weighted by Gasteiger charge is 2.14. The van der Waals surface area contributed by atoms with Gasteiger partial charge in [-0.1, -0.05) is 19.1 Å². The van der Waals surface area contributed by atoms with Crippen LogP contribution in [0.2, 0.25) is 0 Å². The Morgan fingerprint density at radius 3 is 2.74 bits per heavy atom. The highest BCUT2D eigenvalue weighted by Crippen LogP contribution is 2.11. The fourth-order valence-electron chi connectivity index (χ4n) is 1.28. The van der Waals surface area contributed by atoms with E-state index in [9.17, 15) is 8.42 Å². The maximum absolute atomic E-state index is 12.0. The van der Waals surface area contributed by atoms with E-state index in [1.54, 1.807) is 11.8 Å². The Bertz CT molecular complexity index is 529. The zero-order chi connectivity index (χ0) is 14.5. The first-order valence-corrected chi connectivity index (χ1v) is 8.83. The van der Waals surface area contributed by atoms with Crippen LogP contribution in [0.4, 0.5) is 0 Å². The third kappa shape index (κ3) is 5.06. The molecule has 0 aliphatic carbocycles. The van der Waals surface area contributed by atoms with Crippen molar-refractivity contribution in [1.82, 2.24) is 9.71 Å². The van der Waals surface area contributed by atoms with E-state index in [-0.39, 0.29) is 9.88 Å². The molecule has 19 heavy (non-hydrogen) atoms. The van der Waals surface area contributed by atoms with Crippen LogP contribution in [0.15, 0.2) is 23.2 Å². The first-order valence-electron chi connectivity index (χ1n) is 5.65. The first kappa shape index (κ1) is 16.4. The van der Waals surface area contributed by atoms with E-state index in [1.807, 2.05) is 6.26 Å². The number of thiocarbonyl (C=S) groups is 1. The van der Waals surface area contributed by atoms with Gasteiger partial charge in [-0.3, -0.25) is 4.98 Å². The minimum Gasteiger partial charge on any atom is -0.388 e. The fraction of sp³-hybridized carbons (Fsp3) is 0.455. The zero-order valence-electron chi connectivity index (χ0n) is 10.8. The van der Waals surface area contributed by atoms with Gasteiger partial charge >= 0.3 is 0 Å². The number of aromatic nitrogens is 1. The molecule has 0 amide bonds. The molecule has 0 spiro atoms. The summed E-state index contributed by atoms with van der Waals surface area (Å²) in [7, 11) is -3.51. The summed E-state index contributed by atoms with van der Waals surface area (Å²) in [4.78, 5) is 4.17. The quantitative estimate of drug-likeness (QED) is 0.733. The summed E-state index contributed by atoms with van der Waals surface area (Å²) in [6, 6.07) is 2.95. The normalized spacial score (nSPS) is 13.2. The molecule has 8 heteroatoms. The van der Waals surface area contributed by atoms with Gasteiger partial charge in [-0.15, -0.1) is 0 Å². The van der Waals surface area contributed by atoms with Gasteiger partial charge in [0.2, 0.25) is 10.0 Å². The molecule has 0 aliphatic heterocycles. The van der Waals surface area contributed by atoms with Gasteiger partial charge in [0, 0.05) is 18.0 Å². The lowest BCUT2D eigenvalue weighted by Gasteiger charge is -2.10. The topological polar surface area (TPSA) is 85.1 Å². The standard InChI is InChI=1S/C11H17N3O2S3/c1-8(18-2)5-6-14-19(15,16)9-3-4-10(11(12)17)13-7-9/h3-4,7-8,14H,5-6H2,1-2H3,(H2,12,17). The summed E-state index contributed by atoms with van der Waals surface area (Å²) in [5.74, 6) is 0. The van der Waals surface area contributed by atoms with Gasteiger partial charge in [0.25, 0.3) is 0 Å². The molecule has 3 N–H and O–H groups in total. The fourth-order valence-corrected chi connectivity index (χ4v) is 2.75. The summed E-state index contributed by atoms with van der Waals surface area (Å²) in [5, 5.41) is 0.415. The number of nitrogens with two attached hydrogens (primary N) is 1. The van der Waals surface area contributed by atoms with Crippen LogP contribution in [0.25, 0.3) is 0 Å². The molecule has 0 aliphatic rings. The van der Waals surface area contributed by atoms with Crippen molar-refractivity contribution in [3.8, 4) is 0 Å². The largest absolute Gasteiger partial charge is 0.388 e. The maximum Gasteiger partial charge on any atom is 0.242 e. The Hall–Kier alpha value is -0.700. The Balaban J connectivity index is 2.69. The average molecular weight is 319 g/mol. The number of hydrogen-bond acceptors (Lipinski definition) is 5. The van der Waals surface area contributed by atoms with Gasteiger partial charge in [-0.05, 0) is 24.8 Å². The number of pyridine rings is 1. The van der Waals surface area contributed by atoms with Crippen LogP contribution in [0.5, 0.6) is 0 Å². The van der Waals surface area contributed by atoms with Crippen LogP contribution in [0.3, 0.4) is 0 Å². The molecule has 1 atom stereocenters. The lowest BCUT2D eigenvalue weighted by molar-refractivity contribution is 0.578. The van der Waals surface area contributed by atoms with Crippen molar-refractivity contribution in [2.24, 2.45) is 5.73 Å². The smallest absolute Gasteiger partial charge is 0.242 e. The number of thioether (sulfide) groups is 1. The highest BCUT2D eigenvalue weighted by atomic mass is 32.2. The molecule has 0 radical (unpaired) electrons. The molecule has 1 aromatic heterocycles. The van der Waals surface area contributed by atoms with Gasteiger partial charge in [0.1, 0.15) is 9.88 Å². The molecule has 1 rings (SSSR count). The Morgan fingerprint density at radius 2 is 2.26 bits per heavy atom. The van der Waals surface area contributed by atoms with Crippen molar-refractivity contribution in [2.45, 2.75) is 23.5 Å². The molecule has 1 heterocycles. The molecule has 0 aromatic carbocycles. The van der Waals surface area contributed by atoms with Crippen molar-refractivity contribution in [3.05, 3.63) is 24.0 Å². The predicted octanol–water partition coefficient (Wildman–Crippen LogP) is 1.14. The Labute approximate surface area is 123 Å². The SMILES string of the molecule is CSC(C)CCNS(=O)(=O)c1ccc(C(N)=S)nc1. The Morgan fingerprint density at radius 1 is 1.58 bits per heavy atom. The van der Waals surface area contributed by atoms with E-state index in [0.29, 0.717) is 17.5 Å². The van der Waals surface area contributed by atoms with E-state index in [2.05, 4.69) is 16.6 Å². The summed E-state index contributed by atoms with van der Waals surface area (Å²) in [6.45, 7) is 2.46.